The van der Waals surface area contributed by atoms with Gasteiger partial charge in [-0.3, -0.25) is 4.68 Å². The molecule has 2 rings (SSSR count). The van der Waals surface area contributed by atoms with Gasteiger partial charge in [0.1, 0.15) is 0 Å². The summed E-state index contributed by atoms with van der Waals surface area (Å²) < 4.78 is 51.2. The van der Waals surface area contributed by atoms with Gasteiger partial charge in [0.15, 0.2) is 0 Å². The lowest BCUT2D eigenvalue weighted by molar-refractivity contribution is -0.125. The standard InChI is InChI=1S/C13H19F4N3/c14-12(15)13(16,17)9-18-8-10-6-7-20(19-10)11-4-2-1-3-5-11/h6-7,11-12,18H,1-5,8-9H2. The molecular formula is C13H19F4N3. The van der Waals surface area contributed by atoms with Gasteiger partial charge in [-0.25, -0.2) is 8.78 Å². The van der Waals surface area contributed by atoms with Crippen molar-refractivity contribution in [3.05, 3.63) is 18.0 Å². The Labute approximate surface area is 115 Å². The van der Waals surface area contributed by atoms with E-state index in [1.165, 1.54) is 19.3 Å². The molecule has 0 radical (unpaired) electrons. The highest BCUT2D eigenvalue weighted by molar-refractivity contribution is 5.00. The molecule has 1 saturated carbocycles. The van der Waals surface area contributed by atoms with Crippen molar-refractivity contribution in [3.8, 4) is 0 Å². The van der Waals surface area contributed by atoms with E-state index in [-0.39, 0.29) is 6.54 Å². The molecule has 1 N–H and O–H groups in total. The molecule has 1 fully saturated rings. The zero-order valence-electron chi connectivity index (χ0n) is 11.2. The van der Waals surface area contributed by atoms with Crippen LogP contribution in [0.1, 0.15) is 43.8 Å². The van der Waals surface area contributed by atoms with Crippen LogP contribution in [0.5, 0.6) is 0 Å². The number of hydrogen-bond donors (Lipinski definition) is 1. The maximum Gasteiger partial charge on any atom is 0.319 e. The minimum atomic E-state index is -3.99. The van der Waals surface area contributed by atoms with Gasteiger partial charge in [0.2, 0.25) is 0 Å². The quantitative estimate of drug-likeness (QED) is 0.815. The van der Waals surface area contributed by atoms with E-state index in [0.717, 1.165) is 12.8 Å². The van der Waals surface area contributed by atoms with E-state index >= 15 is 0 Å². The van der Waals surface area contributed by atoms with Gasteiger partial charge < -0.3 is 5.32 Å². The van der Waals surface area contributed by atoms with Gasteiger partial charge >= 0.3 is 12.3 Å². The lowest BCUT2D eigenvalue weighted by atomic mass is 9.96. The van der Waals surface area contributed by atoms with Crippen molar-refractivity contribution >= 4 is 0 Å². The first kappa shape index (κ1) is 15.3. The van der Waals surface area contributed by atoms with E-state index in [0.29, 0.717) is 11.7 Å². The van der Waals surface area contributed by atoms with Crippen LogP contribution in [0.25, 0.3) is 0 Å². The SMILES string of the molecule is FC(F)C(F)(F)CNCc1ccn(C2CCCCC2)n1. The first-order valence-corrected chi connectivity index (χ1v) is 6.90. The van der Waals surface area contributed by atoms with Crippen LogP contribution in [0.4, 0.5) is 17.6 Å². The van der Waals surface area contributed by atoms with Gasteiger partial charge in [-0.1, -0.05) is 19.3 Å². The Balaban J connectivity index is 1.81. The Hall–Kier alpha value is -1.11. The van der Waals surface area contributed by atoms with Crippen molar-refractivity contribution in [2.45, 2.75) is 57.0 Å². The number of rotatable bonds is 6. The molecule has 0 amide bonds. The monoisotopic (exact) mass is 293 g/mol. The van der Waals surface area contributed by atoms with Crippen LogP contribution >= 0.6 is 0 Å². The van der Waals surface area contributed by atoms with Gasteiger partial charge in [0.05, 0.1) is 18.3 Å². The van der Waals surface area contributed by atoms with Crippen molar-refractivity contribution in [1.82, 2.24) is 15.1 Å². The van der Waals surface area contributed by atoms with Crippen LogP contribution in [0.15, 0.2) is 12.3 Å². The number of alkyl halides is 4. The topological polar surface area (TPSA) is 29.9 Å². The summed E-state index contributed by atoms with van der Waals surface area (Å²) in [6.07, 6.45) is 3.95. The summed E-state index contributed by atoms with van der Waals surface area (Å²) in [6, 6.07) is 2.11. The van der Waals surface area contributed by atoms with E-state index in [4.69, 9.17) is 0 Å². The number of halogens is 4. The molecule has 114 valence electrons. The summed E-state index contributed by atoms with van der Waals surface area (Å²) >= 11 is 0. The van der Waals surface area contributed by atoms with Crippen molar-refractivity contribution in [3.63, 3.8) is 0 Å². The second kappa shape index (κ2) is 6.56. The van der Waals surface area contributed by atoms with Crippen LogP contribution in [0.3, 0.4) is 0 Å². The molecule has 7 heteroatoms. The number of hydrogen-bond acceptors (Lipinski definition) is 2. The van der Waals surface area contributed by atoms with E-state index < -0.39 is 18.9 Å². The first-order valence-electron chi connectivity index (χ1n) is 6.90. The Morgan fingerprint density at radius 1 is 1.30 bits per heavy atom. The molecular weight excluding hydrogens is 274 g/mol. The highest BCUT2D eigenvalue weighted by atomic mass is 19.3. The molecule has 20 heavy (non-hydrogen) atoms. The molecule has 0 aliphatic heterocycles. The summed E-state index contributed by atoms with van der Waals surface area (Å²) in [5.74, 6) is -3.99. The zero-order valence-corrected chi connectivity index (χ0v) is 11.2. The van der Waals surface area contributed by atoms with E-state index in [2.05, 4.69) is 10.4 Å². The van der Waals surface area contributed by atoms with Gasteiger partial charge in [-0.2, -0.15) is 13.9 Å². The fourth-order valence-electron chi connectivity index (χ4n) is 2.45. The highest BCUT2D eigenvalue weighted by Gasteiger charge is 2.40. The summed E-state index contributed by atoms with van der Waals surface area (Å²) in [5.41, 5.74) is 0.598. The molecule has 0 spiro atoms. The van der Waals surface area contributed by atoms with Gasteiger partial charge in [0, 0.05) is 12.7 Å². The summed E-state index contributed by atoms with van der Waals surface area (Å²) in [6.45, 7) is -0.969. The average molecular weight is 293 g/mol. The summed E-state index contributed by atoms with van der Waals surface area (Å²) in [4.78, 5) is 0. The van der Waals surface area contributed by atoms with Crippen LogP contribution < -0.4 is 5.32 Å². The number of nitrogens with zero attached hydrogens (tertiary/aromatic N) is 2. The third-order valence-corrected chi connectivity index (χ3v) is 3.60. The molecule has 0 unspecified atom stereocenters. The van der Waals surface area contributed by atoms with Crippen molar-refractivity contribution < 1.29 is 17.6 Å². The van der Waals surface area contributed by atoms with Gasteiger partial charge in [0.25, 0.3) is 0 Å². The third-order valence-electron chi connectivity index (χ3n) is 3.60. The minimum absolute atomic E-state index is 0.0715. The van der Waals surface area contributed by atoms with Crippen LogP contribution in [0, 0.1) is 0 Å². The average Bonchev–Trinajstić information content (AvgIpc) is 2.88. The lowest BCUT2D eigenvalue weighted by Crippen LogP contribution is -2.38. The predicted molar refractivity (Wildman–Crippen MR) is 67.0 cm³/mol. The molecule has 1 heterocycles. The molecule has 1 aromatic rings. The highest BCUT2D eigenvalue weighted by Crippen LogP contribution is 2.27. The number of aromatic nitrogens is 2. The minimum Gasteiger partial charge on any atom is -0.305 e. The van der Waals surface area contributed by atoms with E-state index in [1.54, 1.807) is 6.07 Å². The molecule has 1 aromatic heterocycles. The van der Waals surface area contributed by atoms with Gasteiger partial charge in [-0.15, -0.1) is 0 Å². The molecule has 0 aromatic carbocycles. The van der Waals surface area contributed by atoms with Crippen molar-refractivity contribution in [1.29, 1.82) is 0 Å². The Morgan fingerprint density at radius 3 is 2.65 bits per heavy atom. The smallest absolute Gasteiger partial charge is 0.305 e. The molecule has 1 aliphatic rings. The van der Waals surface area contributed by atoms with Gasteiger partial charge in [-0.05, 0) is 18.9 Å². The maximum absolute atomic E-state index is 12.7. The fourth-order valence-corrected chi connectivity index (χ4v) is 2.45. The fraction of sp³-hybridized carbons (Fsp3) is 0.769. The second-order valence-electron chi connectivity index (χ2n) is 5.24. The zero-order chi connectivity index (χ0) is 14.6. The molecule has 1 aliphatic carbocycles. The summed E-state index contributed by atoms with van der Waals surface area (Å²) in [7, 11) is 0. The Kier molecular flexibility index (Phi) is 5.01. The third kappa shape index (κ3) is 3.94. The second-order valence-corrected chi connectivity index (χ2v) is 5.24. The number of nitrogens with one attached hydrogen (secondary N) is 1. The molecule has 0 bridgehead atoms. The van der Waals surface area contributed by atoms with Crippen molar-refractivity contribution in [2.75, 3.05) is 6.54 Å². The normalized spacial score (nSPS) is 17.9. The largest absolute Gasteiger partial charge is 0.319 e. The van der Waals surface area contributed by atoms with E-state index in [1.807, 2.05) is 10.9 Å². The van der Waals surface area contributed by atoms with Crippen molar-refractivity contribution in [2.24, 2.45) is 0 Å². The maximum atomic E-state index is 12.7. The van der Waals surface area contributed by atoms with Crippen LogP contribution in [-0.4, -0.2) is 28.7 Å². The predicted octanol–water partition coefficient (Wildman–Crippen LogP) is 3.38. The van der Waals surface area contributed by atoms with E-state index in [9.17, 15) is 17.6 Å². The molecule has 0 atom stereocenters. The lowest BCUT2D eigenvalue weighted by Gasteiger charge is -2.21. The Bertz CT molecular complexity index is 414. The summed E-state index contributed by atoms with van der Waals surface area (Å²) in [5, 5.41) is 6.65. The van der Waals surface area contributed by atoms with Crippen LogP contribution in [-0.2, 0) is 6.54 Å². The first-order chi connectivity index (χ1) is 9.49. The molecule has 3 nitrogen and oxygen atoms in total. The molecule has 0 saturated heterocycles. The van der Waals surface area contributed by atoms with Crippen LogP contribution in [0.2, 0.25) is 0 Å². The Morgan fingerprint density at radius 2 is 2.00 bits per heavy atom.